The van der Waals surface area contributed by atoms with Gasteiger partial charge in [0.15, 0.2) is 0 Å². The van der Waals surface area contributed by atoms with Gasteiger partial charge in [0.25, 0.3) is 0 Å². The Hall–Kier alpha value is -1.60. The maximum atomic E-state index is 11.9. The first-order valence-electron chi connectivity index (χ1n) is 6.95. The Labute approximate surface area is 128 Å². The average Bonchev–Trinajstić information content (AvgIpc) is 2.92. The molecule has 0 aliphatic carbocycles. The van der Waals surface area contributed by atoms with Crippen LogP contribution in [0.15, 0.2) is 0 Å². The van der Waals surface area contributed by atoms with E-state index < -0.39 is 5.97 Å². The Kier molecular flexibility index (Phi) is 4.84. The van der Waals surface area contributed by atoms with Crippen molar-refractivity contribution < 1.29 is 14.7 Å². The SMILES string of the molecule is Cc1sc(NC(=O)NCC2CCN(C)C2)c(C(=O)O)c1C. The molecule has 6 nitrogen and oxygen atoms in total. The fourth-order valence-corrected chi connectivity index (χ4v) is 3.60. The van der Waals surface area contributed by atoms with Crippen molar-refractivity contribution in [2.75, 3.05) is 32.0 Å². The second kappa shape index (κ2) is 6.44. The molecule has 0 radical (unpaired) electrons. The van der Waals surface area contributed by atoms with Crippen LogP contribution in [0.3, 0.4) is 0 Å². The van der Waals surface area contributed by atoms with Crippen LogP contribution >= 0.6 is 11.3 Å². The summed E-state index contributed by atoms with van der Waals surface area (Å²) in [5, 5.41) is 15.1. The number of urea groups is 1. The van der Waals surface area contributed by atoms with E-state index in [0.717, 1.165) is 24.4 Å². The lowest BCUT2D eigenvalue weighted by atomic mass is 10.1. The van der Waals surface area contributed by atoms with E-state index in [9.17, 15) is 14.7 Å². The third kappa shape index (κ3) is 3.74. The highest BCUT2D eigenvalue weighted by atomic mass is 32.1. The molecule has 3 N–H and O–H groups in total. The van der Waals surface area contributed by atoms with Crippen molar-refractivity contribution >= 4 is 28.3 Å². The summed E-state index contributed by atoms with van der Waals surface area (Å²) < 4.78 is 0. The molecule has 1 aromatic heterocycles. The molecule has 0 bridgehead atoms. The van der Waals surface area contributed by atoms with E-state index in [1.807, 2.05) is 6.92 Å². The first-order chi connectivity index (χ1) is 9.88. The second-order valence-electron chi connectivity index (χ2n) is 5.54. The molecular formula is C14H21N3O3S. The smallest absolute Gasteiger partial charge is 0.338 e. The van der Waals surface area contributed by atoms with Crippen LogP contribution in [0, 0.1) is 19.8 Å². The lowest BCUT2D eigenvalue weighted by Crippen LogP contribution is -2.34. The molecule has 1 fully saturated rings. The number of nitrogens with zero attached hydrogens (tertiary/aromatic N) is 1. The van der Waals surface area contributed by atoms with Crippen LogP contribution in [0.1, 0.15) is 27.2 Å². The van der Waals surface area contributed by atoms with Crippen molar-refractivity contribution in [2.24, 2.45) is 5.92 Å². The number of carboxylic acid groups (broad SMARTS) is 1. The number of carbonyl (C=O) groups is 2. The van der Waals surface area contributed by atoms with Gasteiger partial charge < -0.3 is 15.3 Å². The minimum atomic E-state index is -1.01. The summed E-state index contributed by atoms with van der Waals surface area (Å²) in [6.45, 7) is 6.26. The van der Waals surface area contributed by atoms with Crippen LogP contribution < -0.4 is 10.6 Å². The van der Waals surface area contributed by atoms with Gasteiger partial charge in [0, 0.05) is 18.0 Å². The average molecular weight is 311 g/mol. The predicted molar refractivity (Wildman–Crippen MR) is 83.4 cm³/mol. The number of aromatic carboxylic acids is 1. The van der Waals surface area contributed by atoms with Crippen molar-refractivity contribution in [1.82, 2.24) is 10.2 Å². The number of nitrogens with one attached hydrogen (secondary N) is 2. The monoisotopic (exact) mass is 311 g/mol. The van der Waals surface area contributed by atoms with Gasteiger partial charge in [-0.05, 0) is 45.3 Å². The van der Waals surface area contributed by atoms with E-state index in [2.05, 4.69) is 22.6 Å². The number of hydrogen-bond acceptors (Lipinski definition) is 4. The molecule has 0 spiro atoms. The standard InChI is InChI=1S/C14H21N3O3S/c1-8-9(2)21-12(11(8)13(18)19)16-14(20)15-6-10-4-5-17(3)7-10/h10H,4-7H2,1-3H3,(H,18,19)(H2,15,16,20). The number of hydrogen-bond donors (Lipinski definition) is 3. The van der Waals surface area contributed by atoms with Crippen molar-refractivity contribution in [2.45, 2.75) is 20.3 Å². The van der Waals surface area contributed by atoms with Crippen molar-refractivity contribution in [3.05, 3.63) is 16.0 Å². The molecule has 1 aliphatic heterocycles. The Morgan fingerprint density at radius 3 is 2.71 bits per heavy atom. The molecule has 2 heterocycles. The molecule has 116 valence electrons. The Balaban J connectivity index is 1.94. The summed E-state index contributed by atoms with van der Waals surface area (Å²) in [5.41, 5.74) is 0.897. The van der Waals surface area contributed by atoms with Gasteiger partial charge in [-0.1, -0.05) is 0 Å². The van der Waals surface area contributed by atoms with Crippen molar-refractivity contribution in [1.29, 1.82) is 0 Å². The van der Waals surface area contributed by atoms with Gasteiger partial charge in [-0.3, -0.25) is 5.32 Å². The van der Waals surface area contributed by atoms with E-state index >= 15 is 0 Å². The number of carbonyl (C=O) groups excluding carboxylic acids is 1. The van der Waals surface area contributed by atoms with Gasteiger partial charge in [-0.2, -0.15) is 0 Å². The molecule has 21 heavy (non-hydrogen) atoms. The zero-order chi connectivity index (χ0) is 15.6. The van der Waals surface area contributed by atoms with E-state index in [1.165, 1.54) is 11.3 Å². The first kappa shape index (κ1) is 15.8. The number of thiophene rings is 1. The number of amides is 2. The summed E-state index contributed by atoms with van der Waals surface area (Å²) in [4.78, 5) is 26.3. The number of carboxylic acids is 1. The minimum absolute atomic E-state index is 0.188. The summed E-state index contributed by atoms with van der Waals surface area (Å²) in [7, 11) is 2.07. The van der Waals surface area contributed by atoms with E-state index in [0.29, 0.717) is 23.0 Å². The molecule has 1 aliphatic rings. The van der Waals surface area contributed by atoms with Crippen molar-refractivity contribution in [3.8, 4) is 0 Å². The van der Waals surface area contributed by atoms with Crippen LogP contribution in [0.4, 0.5) is 9.80 Å². The number of rotatable bonds is 4. The van der Waals surface area contributed by atoms with Crippen LogP contribution in [0.2, 0.25) is 0 Å². The number of aryl methyl sites for hydroxylation is 1. The molecule has 0 saturated carbocycles. The maximum absolute atomic E-state index is 11.9. The fourth-order valence-electron chi connectivity index (χ4n) is 2.55. The second-order valence-corrected chi connectivity index (χ2v) is 6.77. The minimum Gasteiger partial charge on any atom is -0.478 e. The van der Waals surface area contributed by atoms with Crippen LogP contribution in [-0.4, -0.2) is 48.7 Å². The largest absolute Gasteiger partial charge is 0.478 e. The van der Waals surface area contributed by atoms with Crippen LogP contribution in [0.25, 0.3) is 0 Å². The molecule has 0 aromatic carbocycles. The first-order valence-corrected chi connectivity index (χ1v) is 7.76. The molecule has 2 amide bonds. The van der Waals surface area contributed by atoms with Crippen LogP contribution in [0.5, 0.6) is 0 Å². The highest BCUT2D eigenvalue weighted by Gasteiger charge is 2.22. The van der Waals surface area contributed by atoms with Gasteiger partial charge in [-0.25, -0.2) is 9.59 Å². The maximum Gasteiger partial charge on any atom is 0.338 e. The van der Waals surface area contributed by atoms with Crippen LogP contribution in [-0.2, 0) is 0 Å². The Morgan fingerprint density at radius 2 is 2.14 bits per heavy atom. The third-order valence-corrected chi connectivity index (χ3v) is 4.99. The Morgan fingerprint density at radius 1 is 1.43 bits per heavy atom. The van der Waals surface area contributed by atoms with E-state index in [1.54, 1.807) is 6.92 Å². The summed E-state index contributed by atoms with van der Waals surface area (Å²) in [6, 6.07) is -0.340. The molecule has 1 unspecified atom stereocenters. The van der Waals surface area contributed by atoms with Crippen molar-refractivity contribution in [3.63, 3.8) is 0 Å². The van der Waals surface area contributed by atoms with Gasteiger partial charge >= 0.3 is 12.0 Å². The summed E-state index contributed by atoms with van der Waals surface area (Å²) >= 11 is 1.30. The normalized spacial score (nSPS) is 18.7. The fraction of sp³-hybridized carbons (Fsp3) is 0.571. The molecule has 1 atom stereocenters. The number of likely N-dealkylation sites (tertiary alicyclic amines) is 1. The molecule has 2 rings (SSSR count). The summed E-state index contributed by atoms with van der Waals surface area (Å²) in [6.07, 6.45) is 1.08. The number of anilines is 1. The molecular weight excluding hydrogens is 290 g/mol. The Bertz CT molecular complexity index is 556. The van der Waals surface area contributed by atoms with Gasteiger partial charge in [0.05, 0.1) is 5.56 Å². The van der Waals surface area contributed by atoms with Gasteiger partial charge in [0.1, 0.15) is 5.00 Å². The lowest BCUT2D eigenvalue weighted by Gasteiger charge is -2.12. The topological polar surface area (TPSA) is 81.7 Å². The molecule has 7 heteroatoms. The van der Waals surface area contributed by atoms with Gasteiger partial charge in [0.2, 0.25) is 0 Å². The quantitative estimate of drug-likeness (QED) is 0.795. The predicted octanol–water partition coefficient (Wildman–Crippen LogP) is 2.14. The highest BCUT2D eigenvalue weighted by Crippen LogP contribution is 2.32. The zero-order valence-corrected chi connectivity index (χ0v) is 13.3. The zero-order valence-electron chi connectivity index (χ0n) is 12.5. The highest BCUT2D eigenvalue weighted by molar-refractivity contribution is 7.16. The van der Waals surface area contributed by atoms with Gasteiger partial charge in [-0.15, -0.1) is 11.3 Å². The summed E-state index contributed by atoms with van der Waals surface area (Å²) in [5.74, 6) is -0.545. The molecule has 1 saturated heterocycles. The third-order valence-electron chi connectivity index (χ3n) is 3.87. The van der Waals surface area contributed by atoms with E-state index in [4.69, 9.17) is 0 Å². The van der Waals surface area contributed by atoms with E-state index in [-0.39, 0.29) is 11.6 Å². The lowest BCUT2D eigenvalue weighted by molar-refractivity contribution is 0.0697. The molecule has 1 aromatic rings.